The lowest BCUT2D eigenvalue weighted by atomic mass is 9.71. The summed E-state index contributed by atoms with van der Waals surface area (Å²) in [6, 6.07) is 10.3. The van der Waals surface area contributed by atoms with E-state index < -0.39 is 57.7 Å². The molecule has 4 aromatic rings. The van der Waals surface area contributed by atoms with Gasteiger partial charge in [-0.25, -0.2) is 4.79 Å². The van der Waals surface area contributed by atoms with E-state index in [1.54, 1.807) is 32.2 Å². The van der Waals surface area contributed by atoms with Crippen LogP contribution in [0.15, 0.2) is 61.2 Å². The maximum Gasteiger partial charge on any atom is 0.337 e. The van der Waals surface area contributed by atoms with Crippen LogP contribution in [0.2, 0.25) is 0 Å². The molecule has 18 nitrogen and oxygen atoms in total. The maximum atomic E-state index is 15.7. The average Bonchev–Trinajstić information content (AvgIpc) is 3.85. The van der Waals surface area contributed by atoms with Crippen molar-refractivity contribution >= 4 is 41.4 Å². The Morgan fingerprint density at radius 1 is 1.04 bits per heavy atom. The monoisotopic (exact) mass is 985 g/mol. The van der Waals surface area contributed by atoms with Gasteiger partial charge in [-0.15, -0.1) is 11.8 Å². The van der Waals surface area contributed by atoms with Crippen LogP contribution in [-0.2, 0) is 37.5 Å². The normalized spacial score (nSPS) is 25.0. The summed E-state index contributed by atoms with van der Waals surface area (Å²) >= 11 is 1.34. The van der Waals surface area contributed by atoms with Crippen LogP contribution in [0.25, 0.3) is 6.08 Å². The number of thioether (sulfide) groups is 1. The molecule has 1 N–H and O–H groups in total. The molecular formula is C52H51N5O13S. The Hall–Kier alpha value is -7.27. The maximum absolute atomic E-state index is 15.7. The topological polar surface area (TPSA) is 213 Å². The Labute approximate surface area is 413 Å². The van der Waals surface area contributed by atoms with E-state index in [-0.39, 0.29) is 67.7 Å². The predicted octanol–water partition coefficient (Wildman–Crippen LogP) is 6.71. The molecule has 4 bridgehead atoms. The van der Waals surface area contributed by atoms with E-state index >= 15 is 4.79 Å². The van der Waals surface area contributed by atoms with Gasteiger partial charge < -0.3 is 43.2 Å². The number of aromatic hydroxyl groups is 1. The zero-order valence-corrected chi connectivity index (χ0v) is 40.7. The van der Waals surface area contributed by atoms with Crippen LogP contribution < -0.4 is 28.4 Å². The van der Waals surface area contributed by atoms with Crippen molar-refractivity contribution in [2.75, 3.05) is 53.6 Å². The van der Waals surface area contributed by atoms with E-state index in [1.165, 1.54) is 67.1 Å². The van der Waals surface area contributed by atoms with Crippen molar-refractivity contribution in [2.24, 2.45) is 0 Å². The highest BCUT2D eigenvalue weighted by Crippen LogP contribution is 2.65. The number of piperazine rings is 1. The lowest BCUT2D eigenvalue weighted by Gasteiger charge is -2.62. The lowest BCUT2D eigenvalue weighted by Crippen LogP contribution is -2.69. The molecule has 2 fully saturated rings. The van der Waals surface area contributed by atoms with Gasteiger partial charge in [-0.1, -0.05) is 18.7 Å². The van der Waals surface area contributed by atoms with Crippen molar-refractivity contribution in [1.82, 2.24) is 14.7 Å². The van der Waals surface area contributed by atoms with Crippen LogP contribution in [0.1, 0.15) is 74.3 Å². The number of rotatable bonds is 9. The number of amides is 1. The van der Waals surface area contributed by atoms with E-state index in [9.17, 15) is 30.1 Å². The number of carbonyl (C=O) groups excluding carboxylic acids is 3. The molecule has 0 radical (unpaired) electrons. The van der Waals surface area contributed by atoms with E-state index in [1.807, 2.05) is 14.0 Å². The second-order valence-corrected chi connectivity index (χ2v) is 19.5. The highest BCUT2D eigenvalue weighted by molar-refractivity contribution is 7.99. The minimum absolute atomic E-state index is 0.0225. The van der Waals surface area contributed by atoms with Crippen molar-refractivity contribution in [3.8, 4) is 46.3 Å². The molecule has 71 heavy (non-hydrogen) atoms. The first-order valence-corrected chi connectivity index (χ1v) is 24.1. The van der Waals surface area contributed by atoms with Crippen LogP contribution in [-0.4, -0.2) is 114 Å². The number of nitrogens with zero attached hydrogens (tertiary/aromatic N) is 5. The third-order valence-corrected chi connectivity index (χ3v) is 16.2. The van der Waals surface area contributed by atoms with Gasteiger partial charge in [0.1, 0.15) is 25.0 Å². The summed E-state index contributed by atoms with van der Waals surface area (Å²) in [6.07, 6.45) is 5.23. The van der Waals surface area contributed by atoms with E-state index in [0.29, 0.717) is 62.8 Å². The Morgan fingerprint density at radius 3 is 2.49 bits per heavy atom. The smallest absolute Gasteiger partial charge is 0.337 e. The highest BCUT2D eigenvalue weighted by Gasteiger charge is 2.63. The molecule has 0 aromatic heterocycles. The summed E-state index contributed by atoms with van der Waals surface area (Å²) in [5, 5.41) is 33.2. The first-order chi connectivity index (χ1) is 34.2. The fourth-order valence-electron chi connectivity index (χ4n) is 11.8. The van der Waals surface area contributed by atoms with Crippen LogP contribution in [0.3, 0.4) is 0 Å². The number of aryl methyl sites for hydroxylation is 1. The summed E-state index contributed by atoms with van der Waals surface area (Å²) < 4.78 is 43.6. The van der Waals surface area contributed by atoms with Gasteiger partial charge in [-0.3, -0.25) is 29.5 Å². The zero-order chi connectivity index (χ0) is 50.2. The fraction of sp³-hybridized carbons (Fsp3) is 0.385. The Bertz CT molecular complexity index is 3010. The number of phenols is 1. The minimum atomic E-state index is -1.88. The van der Waals surface area contributed by atoms with Crippen LogP contribution in [0.4, 0.5) is 5.69 Å². The molecule has 1 spiro atoms. The molecule has 0 aliphatic carbocycles. The number of benzene rings is 4. The molecule has 7 heterocycles. The summed E-state index contributed by atoms with van der Waals surface area (Å²) in [6.45, 7) is 8.70. The van der Waals surface area contributed by atoms with Crippen LogP contribution in [0, 0.1) is 35.3 Å². The third-order valence-electron chi connectivity index (χ3n) is 14.8. The molecule has 7 aliphatic rings. The first kappa shape index (κ1) is 47.4. The molecule has 1 amide bonds. The first-order valence-electron chi connectivity index (χ1n) is 23.1. The van der Waals surface area contributed by atoms with Gasteiger partial charge >= 0.3 is 11.9 Å². The van der Waals surface area contributed by atoms with Gasteiger partial charge in [-0.05, 0) is 91.9 Å². The number of hydrogen-bond donors (Lipinski definition) is 1. The summed E-state index contributed by atoms with van der Waals surface area (Å²) in [7, 11) is 4.98. The molecule has 11 rings (SSSR count). The third kappa shape index (κ3) is 7.32. The van der Waals surface area contributed by atoms with E-state index in [0.717, 1.165) is 16.7 Å². The largest absolute Gasteiger partial charge is 0.504 e. The number of ether oxygens (including phenoxy) is 7. The average molecular weight is 986 g/mol. The van der Waals surface area contributed by atoms with Crippen molar-refractivity contribution in [3.63, 3.8) is 0 Å². The molecular weight excluding hydrogens is 935 g/mol. The number of nitro groups is 1. The Morgan fingerprint density at radius 2 is 1.80 bits per heavy atom. The van der Waals surface area contributed by atoms with Crippen molar-refractivity contribution < 1.29 is 57.6 Å². The predicted molar refractivity (Wildman–Crippen MR) is 258 cm³/mol. The number of nitriles is 1. The van der Waals surface area contributed by atoms with Crippen LogP contribution >= 0.6 is 11.8 Å². The van der Waals surface area contributed by atoms with Gasteiger partial charge in [-0.2, -0.15) is 5.26 Å². The van der Waals surface area contributed by atoms with Gasteiger partial charge in [0.25, 0.3) is 5.69 Å². The van der Waals surface area contributed by atoms with Gasteiger partial charge in [0.05, 0.1) is 42.5 Å². The van der Waals surface area contributed by atoms with Crippen LogP contribution in [0.5, 0.6) is 40.2 Å². The zero-order valence-electron chi connectivity index (χ0n) is 39.9. The molecule has 4 aromatic carbocycles. The van der Waals surface area contributed by atoms with Crippen molar-refractivity contribution in [2.45, 2.75) is 74.6 Å². The molecule has 2 saturated heterocycles. The Balaban J connectivity index is 1.23. The lowest BCUT2D eigenvalue weighted by molar-refractivity contribution is -0.384. The minimum Gasteiger partial charge on any atom is -0.504 e. The van der Waals surface area contributed by atoms with E-state index in [2.05, 4.69) is 28.5 Å². The summed E-state index contributed by atoms with van der Waals surface area (Å²) in [5.74, 6) is -0.0788. The van der Waals surface area contributed by atoms with Gasteiger partial charge in [0.2, 0.25) is 12.7 Å². The number of phenolic OH excluding ortho intramolecular Hbond substituents is 1. The molecule has 19 heteroatoms. The summed E-state index contributed by atoms with van der Waals surface area (Å²) in [5.41, 5.74) is 3.81. The van der Waals surface area contributed by atoms with Crippen molar-refractivity contribution in [3.05, 3.63) is 121 Å². The standard InChI is InChI=1S/C52H51N5O13S/c1-8-17-66-48-40-31(18-26(2)45(48)65-7)19-34-35(22-53)56-36-23-67-51(61)52(24-71-50(44(56)43(40)54(34)5)42-41(36)49-47(68-25-69-49)27(3)46(42)70-28(4)58)33-21-38(64-6)37(59)20-30(33)15-16-55(52)39(60)14-11-29-9-12-32(13-10-29)57(62)63/h8-14,18,20-21,34-36,43-44,50,59H,1,15-17,19,23-25H2,2-7H3/b14-11+/t34-,35-,36+,43+,44+,50+,52+/m0/s1. The SMILES string of the molecule is C=CCOc1c(OC)c(C)cc2c1[C@@H]1[C@@H]3[C@@H]4SC[C@]5(C(=O)OC[C@H](c6c7c(c(C)c(OC(C)=O)c64)OCO7)N3[C@@H](C#N)[C@H](C2)N1C)c1cc(OC)c(O)cc1CCN5C(=O)/C=C/c1ccc([N+](=O)[O-])cc1. The molecule has 0 unspecified atom stereocenters. The van der Waals surface area contributed by atoms with E-state index in [4.69, 9.17) is 33.2 Å². The van der Waals surface area contributed by atoms with Gasteiger partial charge in [0, 0.05) is 71.8 Å². The number of esters is 2. The quantitative estimate of drug-likeness (QED) is 0.0461. The number of nitro benzene ring substituents is 1. The summed E-state index contributed by atoms with van der Waals surface area (Å²) in [4.78, 5) is 60.7. The number of likely N-dealkylation sites (N-methyl/N-ethyl adjacent to an activating group) is 1. The molecule has 7 atom stereocenters. The van der Waals surface area contributed by atoms with Gasteiger partial charge in [0.15, 0.2) is 40.0 Å². The number of hydrogen-bond acceptors (Lipinski definition) is 17. The second kappa shape index (κ2) is 18.2. The second-order valence-electron chi connectivity index (χ2n) is 18.4. The molecule has 368 valence electrons. The highest BCUT2D eigenvalue weighted by atomic mass is 32.2. The number of methoxy groups -OCH3 is 2. The molecule has 7 aliphatic heterocycles. The number of fused-ring (bicyclic) bond motifs is 9. The number of carbonyl (C=O) groups is 3. The molecule has 0 saturated carbocycles. The Kier molecular flexibility index (Phi) is 12.1. The van der Waals surface area contributed by atoms with Crippen molar-refractivity contribution in [1.29, 1.82) is 5.26 Å². The number of non-ortho nitro benzene ring substituents is 1. The fourth-order valence-corrected chi connectivity index (χ4v) is 13.6.